The van der Waals surface area contributed by atoms with Crippen molar-refractivity contribution >= 4 is 11.6 Å². The highest BCUT2D eigenvalue weighted by molar-refractivity contribution is 5.79. The molecule has 0 fully saturated rings. The Labute approximate surface area is 139 Å². The van der Waals surface area contributed by atoms with E-state index in [1.807, 2.05) is 31.2 Å². The van der Waals surface area contributed by atoms with E-state index in [1.54, 1.807) is 6.07 Å². The molecule has 0 aliphatic carbocycles. The van der Waals surface area contributed by atoms with Crippen molar-refractivity contribution in [1.29, 1.82) is 0 Å². The van der Waals surface area contributed by atoms with Crippen molar-refractivity contribution in [3.05, 3.63) is 46.7 Å². The second-order valence-electron chi connectivity index (χ2n) is 5.61. The SMILES string of the molecule is CCCCOC([O-])=c1cc2c(c([C@@H](O)CO)n1)=Nc1ccccc1-2. The largest absolute Gasteiger partial charge is 0.612 e. The predicted octanol–water partition coefficient (Wildman–Crippen LogP) is 0.282. The van der Waals surface area contributed by atoms with Gasteiger partial charge in [-0.3, -0.25) is 0 Å². The first-order valence-corrected chi connectivity index (χ1v) is 7.97. The molecule has 0 saturated carbocycles. The summed E-state index contributed by atoms with van der Waals surface area (Å²) < 4.78 is 5.21. The second kappa shape index (κ2) is 6.98. The van der Waals surface area contributed by atoms with E-state index in [2.05, 4.69) is 9.98 Å². The van der Waals surface area contributed by atoms with Crippen molar-refractivity contribution in [1.82, 2.24) is 4.98 Å². The summed E-state index contributed by atoms with van der Waals surface area (Å²) in [6, 6.07) is 9.12. The van der Waals surface area contributed by atoms with Gasteiger partial charge in [0.05, 0.1) is 34.6 Å². The lowest BCUT2D eigenvalue weighted by atomic mass is 10.0. The molecule has 0 amide bonds. The number of aromatic nitrogens is 1. The minimum absolute atomic E-state index is 0.110. The van der Waals surface area contributed by atoms with Crippen LogP contribution in [0.1, 0.15) is 31.6 Å². The highest BCUT2D eigenvalue weighted by Crippen LogP contribution is 2.32. The van der Waals surface area contributed by atoms with Gasteiger partial charge in [0.1, 0.15) is 6.10 Å². The number of hydrogen-bond acceptors (Lipinski definition) is 6. The van der Waals surface area contributed by atoms with Crippen molar-refractivity contribution in [3.8, 4) is 11.1 Å². The molecule has 2 N–H and O–H groups in total. The van der Waals surface area contributed by atoms with Gasteiger partial charge in [-0.15, -0.1) is 0 Å². The van der Waals surface area contributed by atoms with E-state index in [9.17, 15) is 15.3 Å². The van der Waals surface area contributed by atoms with Crippen LogP contribution >= 0.6 is 0 Å². The van der Waals surface area contributed by atoms with Crippen LogP contribution in [-0.2, 0) is 4.74 Å². The Bertz CT molecular complexity index is 864. The summed E-state index contributed by atoms with van der Waals surface area (Å²) >= 11 is 0. The molecule has 1 aromatic carbocycles. The number of rotatable bonds is 6. The summed E-state index contributed by atoms with van der Waals surface area (Å²) in [5, 5.41) is 32.2. The number of aliphatic hydroxyl groups is 2. The fourth-order valence-electron chi connectivity index (χ4n) is 2.61. The number of nitrogens with zero attached hydrogens (tertiary/aromatic N) is 2. The smallest absolute Gasteiger partial charge is 0.121 e. The zero-order chi connectivity index (χ0) is 17.1. The average Bonchev–Trinajstić information content (AvgIpc) is 2.99. The lowest BCUT2D eigenvalue weighted by Crippen LogP contribution is -2.30. The van der Waals surface area contributed by atoms with Crippen molar-refractivity contribution in [2.45, 2.75) is 25.9 Å². The highest BCUT2D eigenvalue weighted by atomic mass is 16.6. The average molecular weight is 327 g/mol. The van der Waals surface area contributed by atoms with Gasteiger partial charge in [-0.2, -0.15) is 0 Å². The molecule has 24 heavy (non-hydrogen) atoms. The van der Waals surface area contributed by atoms with Crippen molar-refractivity contribution < 1.29 is 20.1 Å². The van der Waals surface area contributed by atoms with Crippen LogP contribution < -0.4 is 15.8 Å². The molecule has 0 saturated heterocycles. The summed E-state index contributed by atoms with van der Waals surface area (Å²) in [5.74, 6) is -0.540. The number of benzene rings is 1. The molecule has 1 atom stereocenters. The minimum Gasteiger partial charge on any atom is -0.612 e. The number of unbranched alkanes of at least 4 members (excludes halogenated alkanes) is 1. The van der Waals surface area contributed by atoms with Gasteiger partial charge in [0.25, 0.3) is 0 Å². The Morgan fingerprint density at radius 3 is 2.83 bits per heavy atom. The first-order valence-electron chi connectivity index (χ1n) is 7.97. The van der Waals surface area contributed by atoms with Crippen molar-refractivity contribution in [3.63, 3.8) is 0 Å². The Morgan fingerprint density at radius 1 is 1.29 bits per heavy atom. The fourth-order valence-corrected chi connectivity index (χ4v) is 2.61. The van der Waals surface area contributed by atoms with E-state index in [0.29, 0.717) is 17.5 Å². The van der Waals surface area contributed by atoms with Crippen LogP contribution in [0.2, 0.25) is 0 Å². The lowest BCUT2D eigenvalue weighted by Gasteiger charge is -2.15. The molecule has 0 radical (unpaired) electrons. The van der Waals surface area contributed by atoms with E-state index in [1.165, 1.54) is 0 Å². The van der Waals surface area contributed by atoms with E-state index in [4.69, 9.17) is 4.74 Å². The van der Waals surface area contributed by atoms with Crippen LogP contribution in [0, 0.1) is 0 Å². The molecular weight excluding hydrogens is 308 g/mol. The molecule has 126 valence electrons. The highest BCUT2D eigenvalue weighted by Gasteiger charge is 2.20. The van der Waals surface area contributed by atoms with E-state index in [0.717, 1.165) is 24.1 Å². The Balaban J connectivity index is 2.17. The maximum atomic E-state index is 12.2. The Hall–Kier alpha value is -2.44. The minimum atomic E-state index is -1.21. The number of hydrogen-bond donors (Lipinski definition) is 2. The number of aliphatic hydroxyl groups excluding tert-OH is 2. The van der Waals surface area contributed by atoms with E-state index >= 15 is 0 Å². The topological polar surface area (TPSA) is 98.0 Å². The lowest BCUT2D eigenvalue weighted by molar-refractivity contribution is -0.292. The van der Waals surface area contributed by atoms with Gasteiger partial charge in [-0.1, -0.05) is 31.5 Å². The maximum Gasteiger partial charge on any atom is 0.121 e. The van der Waals surface area contributed by atoms with Gasteiger partial charge in [-0.05, 0) is 25.2 Å². The molecule has 0 bridgehead atoms. The summed E-state index contributed by atoms with van der Waals surface area (Å²) in [6.07, 6.45) is 0.493. The van der Waals surface area contributed by atoms with Gasteiger partial charge >= 0.3 is 0 Å². The molecule has 0 spiro atoms. The molecule has 0 unspecified atom stereocenters. The Morgan fingerprint density at radius 2 is 2.08 bits per heavy atom. The predicted molar refractivity (Wildman–Crippen MR) is 86.4 cm³/mol. The number of ether oxygens (including phenoxy) is 1. The van der Waals surface area contributed by atoms with Gasteiger partial charge in [-0.25, -0.2) is 9.98 Å². The monoisotopic (exact) mass is 327 g/mol. The fraction of sp³-hybridized carbons (Fsp3) is 0.333. The molecule has 2 heterocycles. The summed E-state index contributed by atoms with van der Waals surface area (Å²) in [7, 11) is 0. The molecular formula is C18H19N2O4-. The standard InChI is InChI=1S/C18H20N2O4/c1-2-3-8-24-18(23)14-9-12-11-6-4-5-7-13(11)19-16(12)17(20-14)15(22)10-21/h4-7,9,15,21-23H,2-3,8,10H2,1H3/p-1/t15-/m0/s1. The second-order valence-corrected chi connectivity index (χ2v) is 5.61. The quantitative estimate of drug-likeness (QED) is 0.634. The number of para-hydroxylation sites is 1. The van der Waals surface area contributed by atoms with Crippen LogP contribution in [0.5, 0.6) is 0 Å². The first-order chi connectivity index (χ1) is 11.7. The van der Waals surface area contributed by atoms with Crippen molar-refractivity contribution in [2.75, 3.05) is 13.2 Å². The number of pyridine rings is 1. The zero-order valence-electron chi connectivity index (χ0n) is 13.4. The summed E-state index contributed by atoms with van der Waals surface area (Å²) in [6.45, 7) is 1.84. The maximum absolute atomic E-state index is 12.2. The summed E-state index contributed by atoms with van der Waals surface area (Å²) in [4.78, 5) is 8.67. The normalized spacial score (nSPS) is 14.5. The molecule has 6 nitrogen and oxygen atoms in total. The third-order valence-electron chi connectivity index (χ3n) is 3.87. The van der Waals surface area contributed by atoms with Crippen LogP contribution in [0.3, 0.4) is 0 Å². The molecule has 3 rings (SSSR count). The molecule has 6 heteroatoms. The third kappa shape index (κ3) is 2.98. The molecule has 2 aromatic rings. The number of fused-ring (bicyclic) bond motifs is 3. The van der Waals surface area contributed by atoms with Crippen molar-refractivity contribution in [2.24, 2.45) is 4.99 Å². The van der Waals surface area contributed by atoms with E-state index < -0.39 is 18.7 Å². The van der Waals surface area contributed by atoms with Crippen LogP contribution in [0.25, 0.3) is 17.1 Å². The molecule has 1 aliphatic heterocycles. The van der Waals surface area contributed by atoms with Gasteiger partial charge in [0, 0.05) is 11.1 Å². The third-order valence-corrected chi connectivity index (χ3v) is 3.87. The van der Waals surface area contributed by atoms with Crippen LogP contribution in [0.15, 0.2) is 35.3 Å². The van der Waals surface area contributed by atoms with Crippen LogP contribution in [0.4, 0.5) is 5.69 Å². The molecule has 1 aromatic heterocycles. The first kappa shape index (κ1) is 16.4. The van der Waals surface area contributed by atoms with Gasteiger partial charge < -0.3 is 20.1 Å². The zero-order valence-corrected chi connectivity index (χ0v) is 13.4. The van der Waals surface area contributed by atoms with Crippen LogP contribution in [-0.4, -0.2) is 28.4 Å². The van der Waals surface area contributed by atoms with Gasteiger partial charge in [0.2, 0.25) is 0 Å². The van der Waals surface area contributed by atoms with E-state index in [-0.39, 0.29) is 11.0 Å². The van der Waals surface area contributed by atoms with Gasteiger partial charge in [0.15, 0.2) is 0 Å². The summed E-state index contributed by atoms with van der Waals surface area (Å²) in [5.41, 5.74) is 2.51. The molecule has 1 aliphatic rings. The Kier molecular flexibility index (Phi) is 4.78.